The molecule has 1 saturated carbocycles. The maximum Gasteiger partial charge on any atom is 0.263 e. The molecule has 1 fully saturated rings. The number of hydrogen-bond acceptors (Lipinski definition) is 4. The molecule has 0 aromatic carbocycles. The summed E-state index contributed by atoms with van der Waals surface area (Å²) in [5.41, 5.74) is 5.50. The van der Waals surface area contributed by atoms with Crippen LogP contribution in [0.4, 0.5) is 5.13 Å². The zero-order chi connectivity index (χ0) is 12.3. The maximum absolute atomic E-state index is 11.8. The third-order valence-electron chi connectivity index (χ3n) is 3.56. The van der Waals surface area contributed by atoms with Gasteiger partial charge in [-0.25, -0.2) is 4.98 Å². The van der Waals surface area contributed by atoms with E-state index in [0.29, 0.717) is 15.9 Å². The Morgan fingerprint density at radius 2 is 2.35 bits per heavy atom. The Labute approximate surface area is 106 Å². The van der Waals surface area contributed by atoms with Gasteiger partial charge in [-0.15, -0.1) is 0 Å². The lowest BCUT2D eigenvalue weighted by Gasteiger charge is -2.28. The van der Waals surface area contributed by atoms with Crippen LogP contribution in [0, 0.1) is 11.8 Å². The summed E-state index contributed by atoms with van der Waals surface area (Å²) in [5, 5.41) is 3.43. The topological polar surface area (TPSA) is 68.0 Å². The van der Waals surface area contributed by atoms with Crippen LogP contribution in [0.15, 0.2) is 6.20 Å². The van der Waals surface area contributed by atoms with E-state index in [-0.39, 0.29) is 5.91 Å². The summed E-state index contributed by atoms with van der Waals surface area (Å²) in [6.45, 7) is 3.05. The predicted molar refractivity (Wildman–Crippen MR) is 70.0 cm³/mol. The highest BCUT2D eigenvalue weighted by molar-refractivity contribution is 7.17. The Kier molecular flexibility index (Phi) is 3.99. The van der Waals surface area contributed by atoms with Gasteiger partial charge in [-0.1, -0.05) is 37.5 Å². The van der Waals surface area contributed by atoms with Crippen LogP contribution < -0.4 is 11.1 Å². The number of nitrogen functional groups attached to an aromatic ring is 1. The molecule has 2 unspecified atom stereocenters. The van der Waals surface area contributed by atoms with E-state index >= 15 is 0 Å². The summed E-state index contributed by atoms with van der Waals surface area (Å²) >= 11 is 1.24. The van der Waals surface area contributed by atoms with Crippen LogP contribution in [0.2, 0.25) is 0 Å². The van der Waals surface area contributed by atoms with E-state index in [0.717, 1.165) is 12.5 Å². The highest BCUT2D eigenvalue weighted by atomic mass is 32.1. The first-order chi connectivity index (χ1) is 8.16. The molecule has 0 aliphatic heterocycles. The van der Waals surface area contributed by atoms with Gasteiger partial charge in [-0.05, 0) is 18.3 Å². The number of amides is 1. The second-order valence-electron chi connectivity index (χ2n) is 4.79. The molecule has 1 heterocycles. The molecular weight excluding hydrogens is 234 g/mol. The van der Waals surface area contributed by atoms with E-state index in [1.54, 1.807) is 6.20 Å². The molecule has 94 valence electrons. The predicted octanol–water partition coefficient (Wildman–Crippen LogP) is 2.28. The van der Waals surface area contributed by atoms with Crippen LogP contribution in [0.3, 0.4) is 0 Å². The second kappa shape index (κ2) is 5.49. The first-order valence-corrected chi connectivity index (χ1v) is 6.98. The fourth-order valence-corrected chi connectivity index (χ4v) is 3.00. The van der Waals surface area contributed by atoms with Gasteiger partial charge >= 0.3 is 0 Å². The Morgan fingerprint density at radius 3 is 3.00 bits per heavy atom. The number of hydrogen-bond donors (Lipinski definition) is 2. The Hall–Kier alpha value is -1.10. The van der Waals surface area contributed by atoms with Gasteiger partial charge in [0.05, 0.1) is 6.20 Å². The molecule has 0 bridgehead atoms. The SMILES string of the molecule is CC1CCCCC1CNC(=O)c1cnc(N)s1. The van der Waals surface area contributed by atoms with E-state index in [2.05, 4.69) is 17.2 Å². The quantitative estimate of drug-likeness (QED) is 0.868. The van der Waals surface area contributed by atoms with Crippen molar-refractivity contribution < 1.29 is 4.79 Å². The van der Waals surface area contributed by atoms with Crippen molar-refractivity contribution in [1.29, 1.82) is 0 Å². The number of thiazole rings is 1. The molecule has 3 N–H and O–H groups in total. The molecule has 1 aliphatic carbocycles. The van der Waals surface area contributed by atoms with E-state index in [1.807, 2.05) is 0 Å². The van der Waals surface area contributed by atoms with Gasteiger partial charge < -0.3 is 11.1 Å². The molecule has 0 radical (unpaired) electrons. The number of carbonyl (C=O) groups excluding carboxylic acids is 1. The molecule has 4 nitrogen and oxygen atoms in total. The van der Waals surface area contributed by atoms with Crippen molar-refractivity contribution in [2.45, 2.75) is 32.6 Å². The lowest BCUT2D eigenvalue weighted by Crippen LogP contribution is -2.33. The average molecular weight is 253 g/mol. The number of aromatic nitrogens is 1. The standard InChI is InChI=1S/C12H19N3OS/c1-8-4-2-3-5-9(8)6-14-11(16)10-7-15-12(13)17-10/h7-9H,2-6H2,1H3,(H2,13,15)(H,14,16). The maximum atomic E-state index is 11.8. The minimum absolute atomic E-state index is 0.0445. The fourth-order valence-electron chi connectivity index (χ4n) is 2.40. The van der Waals surface area contributed by atoms with Crippen LogP contribution in [0.5, 0.6) is 0 Å². The van der Waals surface area contributed by atoms with Crippen LogP contribution in [-0.2, 0) is 0 Å². The molecule has 1 aromatic rings. The summed E-state index contributed by atoms with van der Waals surface area (Å²) < 4.78 is 0. The lowest BCUT2D eigenvalue weighted by atomic mass is 9.80. The molecule has 0 saturated heterocycles. The minimum atomic E-state index is -0.0445. The summed E-state index contributed by atoms with van der Waals surface area (Å²) in [6.07, 6.45) is 6.68. The van der Waals surface area contributed by atoms with Gasteiger partial charge in [-0.3, -0.25) is 4.79 Å². The first-order valence-electron chi connectivity index (χ1n) is 6.16. The van der Waals surface area contributed by atoms with Gasteiger partial charge in [0.2, 0.25) is 0 Å². The van der Waals surface area contributed by atoms with Gasteiger partial charge in [0.25, 0.3) is 5.91 Å². The number of nitrogens with one attached hydrogen (secondary N) is 1. The average Bonchev–Trinajstić information content (AvgIpc) is 2.74. The van der Waals surface area contributed by atoms with Crippen LogP contribution in [-0.4, -0.2) is 17.4 Å². The molecule has 5 heteroatoms. The summed E-state index contributed by atoms with van der Waals surface area (Å²) in [7, 11) is 0. The van der Waals surface area contributed by atoms with E-state index in [9.17, 15) is 4.79 Å². The molecular formula is C12H19N3OS. The number of carbonyl (C=O) groups is 1. The third-order valence-corrected chi connectivity index (χ3v) is 4.39. The molecule has 2 rings (SSSR count). The van der Waals surface area contributed by atoms with E-state index < -0.39 is 0 Å². The number of rotatable bonds is 3. The molecule has 17 heavy (non-hydrogen) atoms. The van der Waals surface area contributed by atoms with Crippen molar-refractivity contribution >= 4 is 22.4 Å². The Balaban J connectivity index is 1.83. The lowest BCUT2D eigenvalue weighted by molar-refractivity contribution is 0.0940. The second-order valence-corrected chi connectivity index (χ2v) is 5.86. The van der Waals surface area contributed by atoms with Crippen molar-refractivity contribution in [1.82, 2.24) is 10.3 Å². The smallest absolute Gasteiger partial charge is 0.263 e. The van der Waals surface area contributed by atoms with E-state index in [4.69, 9.17) is 5.73 Å². The van der Waals surface area contributed by atoms with E-state index in [1.165, 1.54) is 37.0 Å². The Morgan fingerprint density at radius 1 is 1.59 bits per heavy atom. The zero-order valence-electron chi connectivity index (χ0n) is 10.1. The van der Waals surface area contributed by atoms with Crippen molar-refractivity contribution in [3.05, 3.63) is 11.1 Å². The number of anilines is 1. The van der Waals surface area contributed by atoms with Gasteiger partial charge in [-0.2, -0.15) is 0 Å². The van der Waals surface area contributed by atoms with Crippen molar-refractivity contribution in [3.63, 3.8) is 0 Å². The Bertz CT molecular complexity index is 391. The van der Waals surface area contributed by atoms with Crippen molar-refractivity contribution in [2.24, 2.45) is 11.8 Å². The fraction of sp³-hybridized carbons (Fsp3) is 0.667. The highest BCUT2D eigenvalue weighted by Gasteiger charge is 2.22. The van der Waals surface area contributed by atoms with Crippen molar-refractivity contribution in [2.75, 3.05) is 12.3 Å². The monoisotopic (exact) mass is 253 g/mol. The van der Waals surface area contributed by atoms with Crippen LogP contribution in [0.25, 0.3) is 0 Å². The van der Waals surface area contributed by atoms with Crippen LogP contribution >= 0.6 is 11.3 Å². The number of nitrogens with zero attached hydrogens (tertiary/aromatic N) is 1. The largest absolute Gasteiger partial charge is 0.375 e. The van der Waals surface area contributed by atoms with Gasteiger partial charge in [0.15, 0.2) is 5.13 Å². The molecule has 1 aliphatic rings. The van der Waals surface area contributed by atoms with Gasteiger partial charge in [0, 0.05) is 6.54 Å². The van der Waals surface area contributed by atoms with Gasteiger partial charge in [0.1, 0.15) is 4.88 Å². The zero-order valence-corrected chi connectivity index (χ0v) is 10.9. The normalized spacial score (nSPS) is 24.5. The molecule has 1 aromatic heterocycles. The van der Waals surface area contributed by atoms with Crippen LogP contribution in [0.1, 0.15) is 42.3 Å². The summed E-state index contributed by atoms with van der Waals surface area (Å²) in [4.78, 5) is 16.3. The summed E-state index contributed by atoms with van der Waals surface area (Å²) in [6, 6.07) is 0. The third kappa shape index (κ3) is 3.19. The van der Waals surface area contributed by atoms with Crippen molar-refractivity contribution in [3.8, 4) is 0 Å². The minimum Gasteiger partial charge on any atom is -0.375 e. The number of nitrogens with two attached hydrogens (primary N) is 1. The molecule has 0 spiro atoms. The molecule has 2 atom stereocenters. The summed E-state index contributed by atoms with van der Waals surface area (Å²) in [5.74, 6) is 1.30. The first kappa shape index (κ1) is 12.4. The highest BCUT2D eigenvalue weighted by Crippen LogP contribution is 2.29. The molecule has 1 amide bonds.